The molecular weight excluding hydrogens is 499 g/mol. The van der Waals surface area contributed by atoms with Gasteiger partial charge in [-0.05, 0) is 37.3 Å². The highest BCUT2D eigenvalue weighted by molar-refractivity contribution is 7.89. The number of alkyl halides is 3. The van der Waals surface area contributed by atoms with E-state index in [4.69, 9.17) is 5.11 Å². The Bertz CT molecular complexity index is 1420. The Hall–Kier alpha value is -3.91. The van der Waals surface area contributed by atoms with Crippen molar-refractivity contribution in [2.45, 2.75) is 24.0 Å². The number of rotatable bonds is 6. The van der Waals surface area contributed by atoms with Gasteiger partial charge in [0.1, 0.15) is 0 Å². The molecule has 1 heterocycles. The van der Waals surface area contributed by atoms with Crippen LogP contribution >= 0.6 is 0 Å². The lowest BCUT2D eigenvalue weighted by Gasteiger charge is -2.40. The Kier molecular flexibility index (Phi) is 7.40. The first kappa shape index (κ1) is 26.7. The Morgan fingerprint density at radius 1 is 1.14 bits per heavy atom. The Morgan fingerprint density at radius 2 is 1.83 bits per heavy atom. The second-order valence-electron chi connectivity index (χ2n) is 7.78. The molecule has 0 spiro atoms. The molecule has 13 heteroatoms. The number of benzene rings is 2. The molecule has 0 aromatic heterocycles. The van der Waals surface area contributed by atoms with Crippen molar-refractivity contribution in [3.63, 3.8) is 0 Å². The maximum Gasteiger partial charge on any atom is 0.416 e. The molecule has 0 fully saturated rings. The van der Waals surface area contributed by atoms with Crippen molar-refractivity contribution in [2.24, 2.45) is 0 Å². The molecule has 9 nitrogen and oxygen atoms in total. The summed E-state index contributed by atoms with van der Waals surface area (Å²) in [5.41, 5.74) is -1.19. The van der Waals surface area contributed by atoms with E-state index in [9.17, 15) is 36.9 Å². The minimum Gasteiger partial charge on any atom is -0.395 e. The second-order valence-corrected chi connectivity index (χ2v) is 9.51. The molecule has 2 aromatic carbocycles. The second kappa shape index (κ2) is 9.99. The molecule has 0 unspecified atom stereocenters. The molecule has 0 aliphatic carbocycles. The topological polar surface area (TPSA) is 138 Å². The van der Waals surface area contributed by atoms with Crippen LogP contribution < -0.4 is 9.62 Å². The van der Waals surface area contributed by atoms with Crippen LogP contribution in [0.25, 0.3) is 0 Å². The third-order valence-electron chi connectivity index (χ3n) is 5.56. The molecule has 0 saturated carbocycles. The molecule has 2 aromatic rings. The van der Waals surface area contributed by atoms with Crippen LogP contribution in [0.4, 0.5) is 23.7 Å². The number of hydrogen-bond acceptors (Lipinski definition) is 6. The van der Waals surface area contributed by atoms with Crippen molar-refractivity contribution in [3.8, 4) is 12.1 Å². The average molecular weight is 520 g/mol. The summed E-state index contributed by atoms with van der Waals surface area (Å²) in [6, 6.07) is 9.50. The number of anilines is 1. The Balaban J connectivity index is 2.23. The van der Waals surface area contributed by atoms with E-state index in [0.29, 0.717) is 0 Å². The predicted molar refractivity (Wildman–Crippen MR) is 122 cm³/mol. The molecule has 2 N–H and O–H groups in total. The van der Waals surface area contributed by atoms with Crippen LogP contribution in [0, 0.1) is 22.7 Å². The van der Waals surface area contributed by atoms with Crippen LogP contribution in [0.2, 0.25) is 0 Å². The molecule has 0 radical (unpaired) electrons. The van der Waals surface area contributed by atoms with Crippen LogP contribution in [0.5, 0.6) is 0 Å². The number of halogens is 3. The Labute approximate surface area is 205 Å². The van der Waals surface area contributed by atoms with Gasteiger partial charge in [-0.15, -0.1) is 0 Å². The molecule has 188 valence electrons. The molecule has 2 amide bonds. The predicted octanol–water partition coefficient (Wildman–Crippen LogP) is 3.26. The number of allylic oxidation sites excluding steroid dienone is 1. The van der Waals surface area contributed by atoms with Gasteiger partial charge in [-0.2, -0.15) is 23.7 Å². The zero-order chi connectivity index (χ0) is 26.8. The van der Waals surface area contributed by atoms with E-state index in [0.717, 1.165) is 34.1 Å². The van der Waals surface area contributed by atoms with Crippen molar-refractivity contribution in [1.29, 1.82) is 10.5 Å². The number of sulfonamides is 1. The summed E-state index contributed by atoms with van der Waals surface area (Å²) in [7, 11) is -3.00. The third-order valence-corrected chi connectivity index (χ3v) is 7.08. The van der Waals surface area contributed by atoms with Crippen LogP contribution in [0.3, 0.4) is 0 Å². The molecule has 0 bridgehead atoms. The summed E-state index contributed by atoms with van der Waals surface area (Å²) < 4.78 is 67.9. The fraction of sp³-hybridized carbons (Fsp3) is 0.261. The van der Waals surface area contributed by atoms with Crippen LogP contribution in [-0.4, -0.2) is 44.7 Å². The number of nitriles is 2. The lowest BCUT2D eigenvalue weighted by Crippen LogP contribution is -2.48. The first-order valence-corrected chi connectivity index (χ1v) is 11.8. The van der Waals surface area contributed by atoms with Crippen LogP contribution in [-0.2, 0) is 16.2 Å². The molecule has 1 aliphatic rings. The summed E-state index contributed by atoms with van der Waals surface area (Å²) in [4.78, 5) is 15.0. The molecule has 1 atom stereocenters. The first-order valence-electron chi connectivity index (χ1n) is 10.4. The summed E-state index contributed by atoms with van der Waals surface area (Å²) >= 11 is 0. The van der Waals surface area contributed by atoms with Crippen molar-refractivity contribution >= 4 is 21.7 Å². The van der Waals surface area contributed by atoms with Gasteiger partial charge in [0.2, 0.25) is 10.0 Å². The zero-order valence-electron chi connectivity index (χ0n) is 19.0. The molecule has 36 heavy (non-hydrogen) atoms. The number of amides is 2. The van der Waals surface area contributed by atoms with E-state index in [2.05, 4.69) is 4.72 Å². The summed E-state index contributed by atoms with van der Waals surface area (Å²) in [5, 5.41) is 28.3. The van der Waals surface area contributed by atoms with E-state index in [1.165, 1.54) is 32.2 Å². The number of aliphatic hydroxyl groups is 1. The zero-order valence-corrected chi connectivity index (χ0v) is 19.9. The smallest absolute Gasteiger partial charge is 0.395 e. The largest absolute Gasteiger partial charge is 0.416 e. The van der Waals surface area contributed by atoms with E-state index in [1.807, 2.05) is 12.1 Å². The number of carbonyl (C=O) groups excluding carboxylic acids is 1. The number of urea groups is 1. The first-order chi connectivity index (χ1) is 16.9. The van der Waals surface area contributed by atoms with Crippen molar-refractivity contribution < 1.29 is 31.5 Å². The van der Waals surface area contributed by atoms with Crippen LogP contribution in [0.15, 0.2) is 58.6 Å². The van der Waals surface area contributed by atoms with Crippen LogP contribution in [0.1, 0.15) is 29.7 Å². The van der Waals surface area contributed by atoms with E-state index in [1.54, 1.807) is 0 Å². The normalized spacial score (nSPS) is 16.7. The number of carbonyl (C=O) groups is 1. The number of likely N-dealkylation sites (N-methyl/N-ethyl adjacent to an activating group) is 1. The highest BCUT2D eigenvalue weighted by atomic mass is 32.2. The third kappa shape index (κ3) is 4.90. The van der Waals surface area contributed by atoms with Gasteiger partial charge >= 0.3 is 12.2 Å². The van der Waals surface area contributed by atoms with Gasteiger partial charge in [-0.25, -0.2) is 17.9 Å². The number of aliphatic hydroxyl groups excluding tert-OH is 1. The van der Waals surface area contributed by atoms with E-state index in [-0.39, 0.29) is 39.5 Å². The van der Waals surface area contributed by atoms with Gasteiger partial charge in [-0.1, -0.05) is 12.1 Å². The average Bonchev–Trinajstić information content (AvgIpc) is 2.84. The standard InChI is InChI=1S/C23H20F3N5O4S/c1-14-19(13-28)21(18-7-6-15(12-27)10-20(18)36(34,35)29-8-9-32)30(2)22(33)31(14)17-5-3-4-16(11-17)23(24,25)26/h3-7,10-11,21,29,32H,8-9H2,1-2H3/t21-/m1/s1. The quantitative estimate of drug-likeness (QED) is 0.601. The summed E-state index contributed by atoms with van der Waals surface area (Å²) in [6.07, 6.45) is -4.66. The number of nitrogens with one attached hydrogen (secondary N) is 1. The molecular formula is C23H20F3N5O4S. The van der Waals surface area contributed by atoms with Gasteiger partial charge in [-0.3, -0.25) is 4.90 Å². The van der Waals surface area contributed by atoms with Gasteiger partial charge in [0.15, 0.2) is 0 Å². The van der Waals surface area contributed by atoms with Crippen molar-refractivity contribution in [1.82, 2.24) is 9.62 Å². The highest BCUT2D eigenvalue weighted by Crippen LogP contribution is 2.41. The number of hydrogen-bond donors (Lipinski definition) is 2. The Morgan fingerprint density at radius 3 is 2.42 bits per heavy atom. The maximum absolute atomic E-state index is 13.4. The number of nitrogens with zero attached hydrogens (tertiary/aromatic N) is 4. The molecule has 0 saturated heterocycles. The lowest BCUT2D eigenvalue weighted by atomic mass is 9.93. The SMILES string of the molecule is CC1=C(C#N)[C@@H](c2ccc(C#N)cc2S(=O)(=O)NCCO)N(C)C(=O)N1c1cccc(C(F)(F)F)c1. The minimum atomic E-state index is -4.66. The van der Waals surface area contributed by atoms with Gasteiger partial charge in [0.05, 0.1) is 52.1 Å². The van der Waals surface area contributed by atoms with Gasteiger partial charge in [0, 0.05) is 24.9 Å². The van der Waals surface area contributed by atoms with Gasteiger partial charge in [0.25, 0.3) is 0 Å². The summed E-state index contributed by atoms with van der Waals surface area (Å²) in [6.45, 7) is 0.558. The minimum absolute atomic E-state index is 0.00212. The highest BCUT2D eigenvalue weighted by Gasteiger charge is 2.41. The maximum atomic E-state index is 13.4. The summed E-state index contributed by atoms with van der Waals surface area (Å²) in [5.74, 6) is 0. The van der Waals surface area contributed by atoms with Crippen molar-refractivity contribution in [2.75, 3.05) is 25.1 Å². The lowest BCUT2D eigenvalue weighted by molar-refractivity contribution is -0.137. The molecule has 3 rings (SSSR count). The fourth-order valence-electron chi connectivity index (χ4n) is 3.88. The van der Waals surface area contributed by atoms with E-state index >= 15 is 0 Å². The van der Waals surface area contributed by atoms with Crippen molar-refractivity contribution in [3.05, 3.63) is 70.4 Å². The monoisotopic (exact) mass is 519 g/mol. The van der Waals surface area contributed by atoms with Gasteiger partial charge < -0.3 is 10.0 Å². The fourth-order valence-corrected chi connectivity index (χ4v) is 5.16. The van der Waals surface area contributed by atoms with E-state index < -0.39 is 40.4 Å². The molecule has 1 aliphatic heterocycles.